The molecule has 0 saturated carbocycles. The Morgan fingerprint density at radius 2 is 1.59 bits per heavy atom. The van der Waals surface area contributed by atoms with Gasteiger partial charge in [0, 0.05) is 50.5 Å². The highest BCUT2D eigenvalue weighted by Gasteiger charge is 2.55. The lowest BCUT2D eigenvalue weighted by atomic mass is 9.95. The van der Waals surface area contributed by atoms with Crippen LogP contribution in [0.3, 0.4) is 0 Å². The summed E-state index contributed by atoms with van der Waals surface area (Å²) < 4.78 is 11.6. The zero-order chi connectivity index (χ0) is 22.9. The fraction of sp³-hybridized carbons (Fsp3) is 0.625. The molecule has 4 rings (SSSR count). The molecule has 0 bridgehead atoms. The third-order valence-electron chi connectivity index (χ3n) is 6.74. The quantitative estimate of drug-likeness (QED) is 0.710. The number of hydrogen-bond acceptors (Lipinski definition) is 5. The molecular weight excluding hydrogens is 410 g/mol. The Morgan fingerprint density at radius 3 is 2.19 bits per heavy atom. The predicted octanol–water partition coefficient (Wildman–Crippen LogP) is 1.67. The SMILES string of the molecule is Cc1ccc(C(=O)N2C(C(=O)N3CCOCC3)COC23CCN(C(=O)C(C)C)CC3)cc1. The molecule has 32 heavy (non-hydrogen) atoms. The van der Waals surface area contributed by atoms with E-state index in [1.807, 2.05) is 37.8 Å². The van der Waals surface area contributed by atoms with Gasteiger partial charge >= 0.3 is 0 Å². The maximum absolute atomic E-state index is 13.7. The van der Waals surface area contributed by atoms with Crippen LogP contribution in [0, 0.1) is 12.8 Å². The Balaban J connectivity index is 1.61. The maximum Gasteiger partial charge on any atom is 0.256 e. The molecule has 1 spiro atoms. The third-order valence-corrected chi connectivity index (χ3v) is 6.74. The Hall–Kier alpha value is -2.45. The van der Waals surface area contributed by atoms with Crippen LogP contribution < -0.4 is 0 Å². The monoisotopic (exact) mass is 443 g/mol. The number of amides is 3. The minimum Gasteiger partial charge on any atom is -0.378 e. The molecule has 1 atom stereocenters. The molecule has 3 heterocycles. The van der Waals surface area contributed by atoms with Gasteiger partial charge in [0.1, 0.15) is 11.8 Å². The van der Waals surface area contributed by atoms with Gasteiger partial charge in [-0.2, -0.15) is 0 Å². The van der Waals surface area contributed by atoms with Gasteiger partial charge in [-0.05, 0) is 19.1 Å². The summed E-state index contributed by atoms with van der Waals surface area (Å²) in [5.41, 5.74) is 0.735. The first-order valence-corrected chi connectivity index (χ1v) is 11.5. The molecule has 0 aromatic heterocycles. The van der Waals surface area contributed by atoms with Gasteiger partial charge in [0.05, 0.1) is 19.8 Å². The number of ether oxygens (including phenoxy) is 2. The van der Waals surface area contributed by atoms with Gasteiger partial charge in [-0.3, -0.25) is 19.3 Å². The second-order valence-electron chi connectivity index (χ2n) is 9.23. The Bertz CT molecular complexity index is 855. The van der Waals surface area contributed by atoms with Gasteiger partial charge in [-0.15, -0.1) is 0 Å². The van der Waals surface area contributed by atoms with Crippen molar-refractivity contribution in [1.82, 2.24) is 14.7 Å². The normalized spacial score (nSPS) is 23.1. The zero-order valence-corrected chi connectivity index (χ0v) is 19.2. The van der Waals surface area contributed by atoms with Gasteiger partial charge in [0.25, 0.3) is 5.91 Å². The smallest absolute Gasteiger partial charge is 0.256 e. The molecule has 3 fully saturated rings. The number of likely N-dealkylation sites (tertiary alicyclic amines) is 1. The van der Waals surface area contributed by atoms with Crippen molar-refractivity contribution in [3.8, 4) is 0 Å². The Morgan fingerprint density at radius 1 is 0.969 bits per heavy atom. The number of benzene rings is 1. The van der Waals surface area contributed by atoms with Crippen molar-refractivity contribution in [2.75, 3.05) is 46.0 Å². The number of piperidine rings is 1. The second kappa shape index (κ2) is 9.19. The number of carbonyl (C=O) groups is 3. The molecule has 8 nitrogen and oxygen atoms in total. The predicted molar refractivity (Wildman–Crippen MR) is 118 cm³/mol. The molecule has 1 unspecified atom stereocenters. The molecule has 8 heteroatoms. The molecule has 0 aliphatic carbocycles. The summed E-state index contributed by atoms with van der Waals surface area (Å²) in [5, 5.41) is 0. The van der Waals surface area contributed by atoms with Crippen molar-refractivity contribution in [3.63, 3.8) is 0 Å². The van der Waals surface area contributed by atoms with Crippen molar-refractivity contribution in [2.24, 2.45) is 5.92 Å². The lowest BCUT2D eigenvalue weighted by molar-refractivity contribution is -0.148. The molecular formula is C24H33N3O5. The summed E-state index contributed by atoms with van der Waals surface area (Å²) in [7, 11) is 0. The summed E-state index contributed by atoms with van der Waals surface area (Å²) in [6, 6.07) is 6.74. The average molecular weight is 444 g/mol. The molecule has 3 aliphatic heterocycles. The number of rotatable bonds is 3. The van der Waals surface area contributed by atoms with Crippen molar-refractivity contribution in [3.05, 3.63) is 35.4 Å². The second-order valence-corrected chi connectivity index (χ2v) is 9.23. The number of nitrogens with zero attached hydrogens (tertiary/aromatic N) is 3. The van der Waals surface area contributed by atoms with Crippen LogP contribution in [0.4, 0.5) is 0 Å². The largest absolute Gasteiger partial charge is 0.378 e. The van der Waals surface area contributed by atoms with E-state index in [4.69, 9.17) is 9.47 Å². The van der Waals surface area contributed by atoms with Crippen molar-refractivity contribution < 1.29 is 23.9 Å². The maximum atomic E-state index is 13.7. The fourth-order valence-electron chi connectivity index (χ4n) is 4.83. The molecule has 0 radical (unpaired) electrons. The van der Waals surface area contributed by atoms with E-state index in [1.54, 1.807) is 21.9 Å². The van der Waals surface area contributed by atoms with E-state index in [0.717, 1.165) is 5.56 Å². The third kappa shape index (κ3) is 4.26. The van der Waals surface area contributed by atoms with Crippen molar-refractivity contribution in [1.29, 1.82) is 0 Å². The standard InChI is InChI=1S/C24H33N3O5/c1-17(2)21(28)25-10-8-24(9-11-25)27(22(29)19-6-4-18(3)5-7-19)20(16-32-24)23(30)26-12-14-31-15-13-26/h4-7,17,20H,8-16H2,1-3H3. The molecule has 3 amide bonds. The number of carbonyl (C=O) groups excluding carboxylic acids is 3. The van der Waals surface area contributed by atoms with E-state index in [-0.39, 0.29) is 30.2 Å². The fourth-order valence-corrected chi connectivity index (χ4v) is 4.83. The Kier molecular flexibility index (Phi) is 6.53. The van der Waals surface area contributed by atoms with Crippen molar-refractivity contribution >= 4 is 17.7 Å². The highest BCUT2D eigenvalue weighted by molar-refractivity contribution is 5.98. The van der Waals surface area contributed by atoms with Gasteiger partial charge in [0.2, 0.25) is 11.8 Å². The average Bonchev–Trinajstić information content (AvgIpc) is 3.17. The van der Waals surface area contributed by atoms with Gasteiger partial charge in [-0.25, -0.2) is 0 Å². The minimum atomic E-state index is -0.873. The first-order chi connectivity index (χ1) is 15.3. The van der Waals surface area contributed by atoms with Crippen LogP contribution in [-0.4, -0.2) is 90.2 Å². The first-order valence-electron chi connectivity index (χ1n) is 11.5. The lowest BCUT2D eigenvalue weighted by Gasteiger charge is -2.45. The topological polar surface area (TPSA) is 79.4 Å². The van der Waals surface area contributed by atoms with Crippen LogP contribution in [0.2, 0.25) is 0 Å². The molecule has 1 aromatic rings. The van der Waals surface area contributed by atoms with Crippen LogP contribution >= 0.6 is 0 Å². The lowest BCUT2D eigenvalue weighted by Crippen LogP contribution is -2.60. The summed E-state index contributed by atoms with van der Waals surface area (Å²) >= 11 is 0. The van der Waals surface area contributed by atoms with Gasteiger partial charge in [-0.1, -0.05) is 31.5 Å². The molecule has 174 valence electrons. The molecule has 3 aliphatic rings. The highest BCUT2D eigenvalue weighted by atomic mass is 16.5. The first kappa shape index (κ1) is 22.7. The minimum absolute atomic E-state index is 0.0745. The molecule has 0 N–H and O–H groups in total. The number of morpholine rings is 1. The number of aryl methyl sites for hydroxylation is 1. The summed E-state index contributed by atoms with van der Waals surface area (Å²) in [4.78, 5) is 44.9. The van der Waals surface area contributed by atoms with Crippen LogP contribution in [0.15, 0.2) is 24.3 Å². The highest BCUT2D eigenvalue weighted by Crippen LogP contribution is 2.39. The van der Waals surface area contributed by atoms with E-state index in [1.165, 1.54) is 0 Å². The van der Waals surface area contributed by atoms with E-state index < -0.39 is 11.8 Å². The molecule has 3 saturated heterocycles. The van der Waals surface area contributed by atoms with E-state index in [9.17, 15) is 14.4 Å². The van der Waals surface area contributed by atoms with Gasteiger partial charge in [0.15, 0.2) is 0 Å². The Labute approximate surface area is 189 Å². The summed E-state index contributed by atoms with van der Waals surface area (Å²) in [6.45, 7) is 8.99. The van der Waals surface area contributed by atoms with E-state index in [0.29, 0.717) is 57.8 Å². The number of hydrogen-bond donors (Lipinski definition) is 0. The van der Waals surface area contributed by atoms with Crippen molar-refractivity contribution in [2.45, 2.75) is 45.4 Å². The zero-order valence-electron chi connectivity index (χ0n) is 19.2. The van der Waals surface area contributed by atoms with E-state index in [2.05, 4.69) is 0 Å². The van der Waals surface area contributed by atoms with E-state index >= 15 is 0 Å². The van der Waals surface area contributed by atoms with Gasteiger partial charge < -0.3 is 19.3 Å². The molecule has 1 aromatic carbocycles. The summed E-state index contributed by atoms with van der Waals surface area (Å²) in [6.07, 6.45) is 0.992. The summed E-state index contributed by atoms with van der Waals surface area (Å²) in [5.74, 6) is -0.256. The van der Waals surface area contributed by atoms with Crippen LogP contribution in [0.1, 0.15) is 42.6 Å². The van der Waals surface area contributed by atoms with Crippen LogP contribution in [0.25, 0.3) is 0 Å². The van der Waals surface area contributed by atoms with Crippen LogP contribution in [0.5, 0.6) is 0 Å². The van der Waals surface area contributed by atoms with Crippen LogP contribution in [-0.2, 0) is 19.1 Å².